The number of nitrogens with one attached hydrogen (secondary N) is 1. The summed E-state index contributed by atoms with van der Waals surface area (Å²) in [5, 5.41) is 8.93. The van der Waals surface area contributed by atoms with E-state index in [4.69, 9.17) is 5.11 Å². The number of benzene rings is 1. The maximum absolute atomic E-state index is 12.2. The maximum Gasteiger partial charge on any atom is 0.240 e. The van der Waals surface area contributed by atoms with Crippen molar-refractivity contribution < 1.29 is 13.5 Å². The Morgan fingerprint density at radius 3 is 2.95 bits per heavy atom. The molecule has 0 aliphatic heterocycles. The molecule has 0 atom stereocenters. The molecule has 0 amide bonds. The van der Waals surface area contributed by atoms with Gasteiger partial charge in [0.05, 0.1) is 20.6 Å². The SMILES string of the molecule is O=S(=O)(NC1CC(CO)C1)c1ccc2ncsc2c1. The first-order valence-corrected chi connectivity index (χ1v) is 8.41. The summed E-state index contributed by atoms with van der Waals surface area (Å²) in [4.78, 5) is 4.40. The van der Waals surface area contributed by atoms with Gasteiger partial charge in [-0.25, -0.2) is 18.1 Å². The van der Waals surface area contributed by atoms with E-state index in [1.165, 1.54) is 11.3 Å². The van der Waals surface area contributed by atoms with Gasteiger partial charge < -0.3 is 5.11 Å². The molecule has 0 radical (unpaired) electrons. The molecule has 1 aromatic carbocycles. The summed E-state index contributed by atoms with van der Waals surface area (Å²) in [5.74, 6) is 0.233. The first kappa shape index (κ1) is 13.0. The van der Waals surface area contributed by atoms with Crippen molar-refractivity contribution in [1.82, 2.24) is 9.71 Å². The van der Waals surface area contributed by atoms with Crippen LogP contribution in [0.3, 0.4) is 0 Å². The molecule has 0 spiro atoms. The second-order valence-corrected chi connectivity index (χ2v) is 7.42. The summed E-state index contributed by atoms with van der Waals surface area (Å²) in [6, 6.07) is 4.89. The zero-order chi connectivity index (χ0) is 13.5. The van der Waals surface area contributed by atoms with E-state index in [9.17, 15) is 8.42 Å². The number of hydrogen-bond acceptors (Lipinski definition) is 5. The third-order valence-corrected chi connectivity index (χ3v) is 5.74. The Kier molecular flexibility index (Phi) is 3.30. The number of aromatic nitrogens is 1. The lowest BCUT2D eigenvalue weighted by atomic mass is 9.82. The Bertz CT molecular complexity index is 690. The van der Waals surface area contributed by atoms with Crippen molar-refractivity contribution >= 4 is 31.6 Å². The number of thiazole rings is 1. The van der Waals surface area contributed by atoms with Crippen molar-refractivity contribution in [3.05, 3.63) is 23.7 Å². The van der Waals surface area contributed by atoms with Crippen molar-refractivity contribution in [2.24, 2.45) is 5.92 Å². The Hall–Kier alpha value is -1.02. The lowest BCUT2D eigenvalue weighted by molar-refractivity contribution is 0.137. The largest absolute Gasteiger partial charge is 0.396 e. The van der Waals surface area contributed by atoms with Crippen LogP contribution in [0.2, 0.25) is 0 Å². The summed E-state index contributed by atoms with van der Waals surface area (Å²) in [5.41, 5.74) is 2.51. The summed E-state index contributed by atoms with van der Waals surface area (Å²) >= 11 is 1.42. The molecule has 1 aliphatic rings. The molecular weight excluding hydrogens is 284 g/mol. The van der Waals surface area contributed by atoms with Crippen molar-refractivity contribution in [1.29, 1.82) is 0 Å². The van der Waals surface area contributed by atoms with Gasteiger partial charge in [-0.15, -0.1) is 11.3 Å². The fraction of sp³-hybridized carbons (Fsp3) is 0.417. The lowest BCUT2D eigenvalue weighted by Gasteiger charge is -2.34. The van der Waals surface area contributed by atoms with Gasteiger partial charge in [-0.1, -0.05) is 0 Å². The molecule has 2 N–H and O–H groups in total. The van der Waals surface area contributed by atoms with E-state index in [1.54, 1.807) is 23.7 Å². The number of sulfonamides is 1. The average molecular weight is 298 g/mol. The molecule has 3 rings (SSSR count). The Morgan fingerprint density at radius 1 is 1.42 bits per heavy atom. The standard InChI is InChI=1S/C12H14N2O3S2/c15-6-8-3-9(4-8)14-19(16,17)10-1-2-11-12(5-10)18-7-13-11/h1-2,5,7-9,14-15H,3-4,6H2. The number of fused-ring (bicyclic) bond motifs is 1. The van der Waals surface area contributed by atoms with Gasteiger partial charge in [0.1, 0.15) is 0 Å². The van der Waals surface area contributed by atoms with Gasteiger partial charge in [0.25, 0.3) is 0 Å². The van der Waals surface area contributed by atoms with Gasteiger partial charge in [-0.3, -0.25) is 0 Å². The quantitative estimate of drug-likeness (QED) is 0.893. The molecular formula is C12H14N2O3S2. The molecule has 1 saturated carbocycles. The Labute approximate surface area is 115 Å². The van der Waals surface area contributed by atoms with Gasteiger partial charge in [0, 0.05) is 12.6 Å². The predicted octanol–water partition coefficient (Wildman–Crippen LogP) is 1.35. The van der Waals surface area contributed by atoms with Crippen LogP contribution in [-0.2, 0) is 10.0 Å². The van der Waals surface area contributed by atoms with Gasteiger partial charge in [0.2, 0.25) is 10.0 Å². The second-order valence-electron chi connectivity index (χ2n) is 4.82. The van der Waals surface area contributed by atoms with Crippen LogP contribution in [0.5, 0.6) is 0 Å². The van der Waals surface area contributed by atoms with Crippen LogP contribution in [0, 0.1) is 5.92 Å². The highest BCUT2D eigenvalue weighted by Crippen LogP contribution is 2.28. The molecule has 1 aromatic heterocycles. The molecule has 1 aliphatic carbocycles. The van der Waals surface area contributed by atoms with Crippen LogP contribution >= 0.6 is 11.3 Å². The first-order chi connectivity index (χ1) is 9.08. The monoisotopic (exact) mass is 298 g/mol. The van der Waals surface area contributed by atoms with Crippen LogP contribution in [-0.4, -0.2) is 31.2 Å². The van der Waals surface area contributed by atoms with Crippen molar-refractivity contribution in [2.75, 3.05) is 6.61 Å². The summed E-state index contributed by atoms with van der Waals surface area (Å²) in [6.07, 6.45) is 1.41. The molecule has 19 heavy (non-hydrogen) atoms. The summed E-state index contributed by atoms with van der Waals surface area (Å²) in [7, 11) is -3.47. The number of hydrogen-bond donors (Lipinski definition) is 2. The third-order valence-electron chi connectivity index (χ3n) is 3.43. The van der Waals surface area contributed by atoms with Crippen molar-refractivity contribution in [2.45, 2.75) is 23.8 Å². The second kappa shape index (κ2) is 4.82. The zero-order valence-electron chi connectivity index (χ0n) is 10.1. The lowest BCUT2D eigenvalue weighted by Crippen LogP contribution is -2.45. The maximum atomic E-state index is 12.2. The highest BCUT2D eigenvalue weighted by Gasteiger charge is 2.32. The molecule has 0 bridgehead atoms. The molecule has 102 valence electrons. The third kappa shape index (κ3) is 2.51. The number of nitrogens with zero attached hydrogens (tertiary/aromatic N) is 1. The fourth-order valence-corrected chi connectivity index (χ4v) is 4.35. The molecule has 7 heteroatoms. The van der Waals surface area contributed by atoms with Crippen molar-refractivity contribution in [3.8, 4) is 0 Å². The van der Waals surface area contributed by atoms with Gasteiger partial charge in [0.15, 0.2) is 0 Å². The van der Waals surface area contributed by atoms with Crippen LogP contribution in [0.15, 0.2) is 28.6 Å². The highest BCUT2D eigenvalue weighted by atomic mass is 32.2. The van der Waals surface area contributed by atoms with Gasteiger partial charge >= 0.3 is 0 Å². The summed E-state index contributed by atoms with van der Waals surface area (Å²) < 4.78 is 28.0. The molecule has 0 unspecified atom stereocenters. The minimum atomic E-state index is -3.47. The molecule has 0 saturated heterocycles. The predicted molar refractivity (Wildman–Crippen MR) is 73.5 cm³/mol. The van der Waals surface area contributed by atoms with Crippen LogP contribution < -0.4 is 4.72 Å². The smallest absolute Gasteiger partial charge is 0.240 e. The Balaban J connectivity index is 1.79. The van der Waals surface area contributed by atoms with E-state index in [1.807, 2.05) is 0 Å². The molecule has 1 heterocycles. The molecule has 1 fully saturated rings. The van der Waals surface area contributed by atoms with E-state index in [2.05, 4.69) is 9.71 Å². The molecule has 5 nitrogen and oxygen atoms in total. The zero-order valence-corrected chi connectivity index (χ0v) is 11.7. The van der Waals surface area contributed by atoms with Gasteiger partial charge in [-0.2, -0.15) is 0 Å². The normalized spacial score (nSPS) is 23.4. The first-order valence-electron chi connectivity index (χ1n) is 6.05. The highest BCUT2D eigenvalue weighted by molar-refractivity contribution is 7.89. The van der Waals surface area contributed by atoms with E-state index >= 15 is 0 Å². The van der Waals surface area contributed by atoms with Crippen LogP contribution in [0.25, 0.3) is 10.2 Å². The fourth-order valence-electron chi connectivity index (χ4n) is 2.27. The van der Waals surface area contributed by atoms with E-state index in [0.29, 0.717) is 12.8 Å². The number of rotatable bonds is 4. The van der Waals surface area contributed by atoms with Crippen LogP contribution in [0.1, 0.15) is 12.8 Å². The average Bonchev–Trinajstić information content (AvgIpc) is 2.80. The summed E-state index contributed by atoms with van der Waals surface area (Å²) in [6.45, 7) is 0.130. The van der Waals surface area contributed by atoms with E-state index in [-0.39, 0.29) is 23.5 Å². The van der Waals surface area contributed by atoms with E-state index < -0.39 is 10.0 Å². The van der Waals surface area contributed by atoms with E-state index in [0.717, 1.165) is 10.2 Å². The minimum absolute atomic E-state index is 0.0562. The topological polar surface area (TPSA) is 79.3 Å². The minimum Gasteiger partial charge on any atom is -0.396 e. The number of aliphatic hydroxyl groups is 1. The van der Waals surface area contributed by atoms with Crippen molar-refractivity contribution in [3.63, 3.8) is 0 Å². The number of aliphatic hydroxyl groups excluding tert-OH is 1. The van der Waals surface area contributed by atoms with Crippen LogP contribution in [0.4, 0.5) is 0 Å². The molecule has 2 aromatic rings. The van der Waals surface area contributed by atoms with Gasteiger partial charge in [-0.05, 0) is 37.0 Å². The Morgan fingerprint density at radius 2 is 2.21 bits per heavy atom.